The predicted molar refractivity (Wildman–Crippen MR) is 116 cm³/mol. The molecule has 0 saturated heterocycles. The first kappa shape index (κ1) is 20.6. The second-order valence-corrected chi connectivity index (χ2v) is 10.4. The molecular formula is C19H21N3O3S3. The average Bonchev–Trinajstić information content (AvgIpc) is 3.09. The summed E-state index contributed by atoms with van der Waals surface area (Å²) in [6, 6.07) is 15.0. The van der Waals surface area contributed by atoms with E-state index in [9.17, 15) is 13.2 Å². The van der Waals surface area contributed by atoms with Crippen LogP contribution < -0.4 is 10.0 Å². The van der Waals surface area contributed by atoms with Crippen molar-refractivity contribution in [3.63, 3.8) is 0 Å². The van der Waals surface area contributed by atoms with Crippen molar-refractivity contribution >= 4 is 54.9 Å². The number of fused-ring (bicyclic) bond motifs is 1. The lowest BCUT2D eigenvalue weighted by atomic mass is 10.1. The van der Waals surface area contributed by atoms with E-state index in [0.717, 1.165) is 20.1 Å². The van der Waals surface area contributed by atoms with Crippen LogP contribution in [0.2, 0.25) is 0 Å². The third-order valence-corrected chi connectivity index (χ3v) is 7.49. The number of nitrogens with one attached hydrogen (secondary N) is 2. The van der Waals surface area contributed by atoms with E-state index in [4.69, 9.17) is 0 Å². The van der Waals surface area contributed by atoms with Gasteiger partial charge >= 0.3 is 0 Å². The van der Waals surface area contributed by atoms with Crippen molar-refractivity contribution in [3.05, 3.63) is 54.1 Å². The minimum absolute atomic E-state index is 0.0192. The lowest BCUT2D eigenvalue weighted by Gasteiger charge is -2.13. The minimum Gasteiger partial charge on any atom is -0.349 e. The van der Waals surface area contributed by atoms with Crippen LogP contribution in [0.1, 0.15) is 25.5 Å². The Morgan fingerprint density at radius 2 is 1.96 bits per heavy atom. The molecule has 0 saturated carbocycles. The molecule has 2 aromatic carbocycles. The van der Waals surface area contributed by atoms with E-state index in [2.05, 4.69) is 15.0 Å². The summed E-state index contributed by atoms with van der Waals surface area (Å²) in [5.41, 5.74) is 2.36. The van der Waals surface area contributed by atoms with E-state index in [1.165, 1.54) is 23.1 Å². The number of rotatable bonds is 8. The van der Waals surface area contributed by atoms with Gasteiger partial charge in [0.1, 0.15) is 0 Å². The van der Waals surface area contributed by atoms with Gasteiger partial charge in [0.25, 0.3) is 0 Å². The van der Waals surface area contributed by atoms with Crippen molar-refractivity contribution in [2.75, 3.05) is 16.2 Å². The number of amides is 1. The van der Waals surface area contributed by atoms with Gasteiger partial charge in [-0.25, -0.2) is 13.4 Å². The molecule has 28 heavy (non-hydrogen) atoms. The minimum atomic E-state index is -3.31. The number of carbonyl (C=O) groups is 1. The Morgan fingerprint density at radius 3 is 2.68 bits per heavy atom. The molecule has 0 aliphatic heterocycles. The van der Waals surface area contributed by atoms with Crippen molar-refractivity contribution in [1.82, 2.24) is 10.3 Å². The third kappa shape index (κ3) is 5.46. The molecule has 1 atom stereocenters. The monoisotopic (exact) mass is 435 g/mol. The van der Waals surface area contributed by atoms with Gasteiger partial charge in [-0.1, -0.05) is 42.1 Å². The number of sulfonamides is 1. The first-order valence-corrected chi connectivity index (χ1v) is 12.2. The number of hydrogen-bond donors (Lipinski definition) is 2. The number of aromatic nitrogens is 1. The van der Waals surface area contributed by atoms with Crippen molar-refractivity contribution in [2.24, 2.45) is 0 Å². The Kier molecular flexibility index (Phi) is 6.58. The molecule has 0 spiro atoms. The number of nitrogens with zero attached hydrogens (tertiary/aromatic N) is 1. The van der Waals surface area contributed by atoms with Gasteiger partial charge in [-0.3, -0.25) is 9.52 Å². The molecule has 1 aromatic heterocycles. The fraction of sp³-hybridized carbons (Fsp3) is 0.263. The zero-order valence-electron chi connectivity index (χ0n) is 15.5. The van der Waals surface area contributed by atoms with E-state index in [1.807, 2.05) is 37.3 Å². The van der Waals surface area contributed by atoms with Gasteiger partial charge in [0.15, 0.2) is 4.34 Å². The van der Waals surface area contributed by atoms with Crippen molar-refractivity contribution < 1.29 is 13.2 Å². The number of thiazole rings is 1. The smallest absolute Gasteiger partial charge is 0.232 e. The topological polar surface area (TPSA) is 88.2 Å². The number of benzene rings is 2. The van der Waals surface area contributed by atoms with Gasteiger partial charge in [0.05, 0.1) is 33.5 Å². The van der Waals surface area contributed by atoms with Crippen LogP contribution in [0.4, 0.5) is 5.69 Å². The molecule has 1 amide bonds. The molecule has 2 N–H and O–H groups in total. The van der Waals surface area contributed by atoms with Crippen LogP contribution in [0.3, 0.4) is 0 Å². The third-order valence-electron chi connectivity index (χ3n) is 4.03. The highest BCUT2D eigenvalue weighted by molar-refractivity contribution is 8.01. The Morgan fingerprint density at radius 1 is 1.21 bits per heavy atom. The zero-order valence-corrected chi connectivity index (χ0v) is 18.0. The van der Waals surface area contributed by atoms with Gasteiger partial charge in [-0.15, -0.1) is 11.3 Å². The summed E-state index contributed by atoms with van der Waals surface area (Å²) in [6.07, 6.45) is 0. The first-order chi connectivity index (χ1) is 13.4. The first-order valence-electron chi connectivity index (χ1n) is 8.74. The lowest BCUT2D eigenvalue weighted by molar-refractivity contribution is -0.119. The summed E-state index contributed by atoms with van der Waals surface area (Å²) in [7, 11) is -3.31. The number of hydrogen-bond acceptors (Lipinski definition) is 6. The molecule has 1 heterocycles. The number of thioether (sulfide) groups is 1. The molecule has 1 unspecified atom stereocenters. The highest BCUT2D eigenvalue weighted by Gasteiger charge is 2.13. The van der Waals surface area contributed by atoms with Crippen LogP contribution in [0.15, 0.2) is 52.9 Å². The summed E-state index contributed by atoms with van der Waals surface area (Å²) < 4.78 is 27.6. The fourth-order valence-corrected chi connectivity index (χ4v) is 5.07. The Bertz CT molecular complexity index is 1070. The SMILES string of the molecule is CCS(=O)(=O)Nc1ccc2nc(SCC(=O)NC(C)c3ccccc3)sc2c1. The van der Waals surface area contributed by atoms with E-state index in [1.54, 1.807) is 25.1 Å². The molecule has 0 bridgehead atoms. The molecule has 148 valence electrons. The van der Waals surface area contributed by atoms with Crippen LogP contribution in [0.25, 0.3) is 10.2 Å². The normalized spacial score (nSPS) is 12.6. The van der Waals surface area contributed by atoms with Gasteiger partial charge in [0, 0.05) is 0 Å². The molecule has 6 nitrogen and oxygen atoms in total. The molecule has 0 aliphatic rings. The van der Waals surface area contributed by atoms with Gasteiger partial charge < -0.3 is 5.32 Å². The molecular weight excluding hydrogens is 414 g/mol. The van der Waals surface area contributed by atoms with Gasteiger partial charge in [0.2, 0.25) is 15.9 Å². The molecule has 3 aromatic rings. The summed E-state index contributed by atoms with van der Waals surface area (Å²) in [5, 5.41) is 2.98. The van der Waals surface area contributed by atoms with Crippen LogP contribution >= 0.6 is 23.1 Å². The van der Waals surface area contributed by atoms with Crippen LogP contribution in [-0.4, -0.2) is 30.8 Å². The zero-order chi connectivity index (χ0) is 20.1. The molecule has 3 rings (SSSR count). The van der Waals surface area contributed by atoms with Crippen molar-refractivity contribution in [2.45, 2.75) is 24.2 Å². The van der Waals surface area contributed by atoms with E-state index in [0.29, 0.717) is 5.69 Å². The Labute approximate surface area is 172 Å². The Balaban J connectivity index is 1.60. The maximum Gasteiger partial charge on any atom is 0.232 e. The average molecular weight is 436 g/mol. The summed E-state index contributed by atoms with van der Waals surface area (Å²) >= 11 is 2.81. The lowest BCUT2D eigenvalue weighted by Crippen LogP contribution is -2.28. The molecule has 0 aliphatic carbocycles. The Hall–Kier alpha value is -2.10. The highest BCUT2D eigenvalue weighted by atomic mass is 32.2. The van der Waals surface area contributed by atoms with E-state index >= 15 is 0 Å². The fourth-order valence-electron chi connectivity index (χ4n) is 2.52. The maximum atomic E-state index is 12.2. The second-order valence-electron chi connectivity index (χ2n) is 6.16. The number of anilines is 1. The second kappa shape index (κ2) is 8.93. The van der Waals surface area contributed by atoms with Gasteiger partial charge in [-0.05, 0) is 37.6 Å². The molecule has 9 heteroatoms. The summed E-state index contributed by atoms with van der Waals surface area (Å²) in [6.45, 7) is 3.54. The quantitative estimate of drug-likeness (QED) is 0.522. The van der Waals surface area contributed by atoms with Gasteiger partial charge in [-0.2, -0.15) is 0 Å². The van der Waals surface area contributed by atoms with Crippen molar-refractivity contribution in [1.29, 1.82) is 0 Å². The number of carbonyl (C=O) groups excluding carboxylic acids is 1. The van der Waals surface area contributed by atoms with Crippen molar-refractivity contribution in [3.8, 4) is 0 Å². The van der Waals surface area contributed by atoms with Crippen LogP contribution in [0, 0.1) is 0 Å². The molecule has 0 fully saturated rings. The maximum absolute atomic E-state index is 12.2. The largest absolute Gasteiger partial charge is 0.349 e. The van der Waals surface area contributed by atoms with E-state index < -0.39 is 10.0 Å². The summed E-state index contributed by atoms with van der Waals surface area (Å²) in [5.74, 6) is 0.231. The van der Waals surface area contributed by atoms with Crippen LogP contribution in [0.5, 0.6) is 0 Å². The standard InChI is InChI=1S/C19H21N3O3S3/c1-3-28(24,25)22-15-9-10-16-17(11-15)27-19(21-16)26-12-18(23)20-13(2)14-7-5-4-6-8-14/h4-11,13,22H,3,12H2,1-2H3,(H,20,23). The summed E-state index contributed by atoms with van der Waals surface area (Å²) in [4.78, 5) is 16.7. The predicted octanol–water partition coefficient (Wildman–Crippen LogP) is 4.03. The van der Waals surface area contributed by atoms with E-state index in [-0.39, 0.29) is 23.5 Å². The molecule has 0 radical (unpaired) electrons. The van der Waals surface area contributed by atoms with Crippen LogP contribution in [-0.2, 0) is 14.8 Å². The highest BCUT2D eigenvalue weighted by Crippen LogP contribution is 2.31.